The van der Waals surface area contributed by atoms with Crippen LogP contribution in [-0.2, 0) is 11.3 Å². The summed E-state index contributed by atoms with van der Waals surface area (Å²) in [4.78, 5) is 9.07. The number of halogens is 1. The molecule has 7 nitrogen and oxygen atoms in total. The highest BCUT2D eigenvalue weighted by Gasteiger charge is 2.32. The summed E-state index contributed by atoms with van der Waals surface area (Å²) in [5.41, 5.74) is 1.08. The van der Waals surface area contributed by atoms with E-state index in [-0.39, 0.29) is 30.1 Å². The molecule has 2 unspecified atom stereocenters. The number of aliphatic imine (C=N–C) groups is 1. The summed E-state index contributed by atoms with van der Waals surface area (Å²) < 4.78 is 16.8. The number of morpholine rings is 1. The van der Waals surface area contributed by atoms with Crippen LogP contribution in [0.1, 0.15) is 18.4 Å². The second kappa shape index (κ2) is 11.1. The molecule has 3 rings (SSSR count). The first kappa shape index (κ1) is 23.0. The summed E-state index contributed by atoms with van der Waals surface area (Å²) in [6.45, 7) is 4.51. The summed E-state index contributed by atoms with van der Waals surface area (Å²) >= 11 is 0. The maximum atomic E-state index is 6.04. The van der Waals surface area contributed by atoms with Crippen molar-refractivity contribution < 1.29 is 14.2 Å². The molecule has 0 amide bonds. The molecule has 2 aliphatic heterocycles. The second-order valence-electron chi connectivity index (χ2n) is 7.21. The van der Waals surface area contributed by atoms with Crippen LogP contribution in [0.4, 0.5) is 0 Å². The lowest BCUT2D eigenvalue weighted by molar-refractivity contribution is -0.0454. The van der Waals surface area contributed by atoms with E-state index < -0.39 is 0 Å². The number of ether oxygens (including phenoxy) is 3. The monoisotopic (exact) mass is 504 g/mol. The van der Waals surface area contributed by atoms with Crippen LogP contribution in [-0.4, -0.2) is 82.5 Å². The largest absolute Gasteiger partial charge is 0.497 e. The Labute approximate surface area is 185 Å². The van der Waals surface area contributed by atoms with Crippen molar-refractivity contribution in [2.45, 2.75) is 31.5 Å². The predicted molar refractivity (Wildman–Crippen MR) is 122 cm³/mol. The highest BCUT2D eigenvalue weighted by molar-refractivity contribution is 14.0. The maximum absolute atomic E-state index is 6.04. The van der Waals surface area contributed by atoms with Gasteiger partial charge in [-0.1, -0.05) is 0 Å². The molecule has 158 valence electrons. The number of nitrogens with zero attached hydrogens (tertiary/aromatic N) is 3. The van der Waals surface area contributed by atoms with E-state index in [0.29, 0.717) is 12.6 Å². The zero-order chi connectivity index (χ0) is 19.2. The van der Waals surface area contributed by atoms with Crippen molar-refractivity contribution in [3.8, 4) is 11.5 Å². The van der Waals surface area contributed by atoms with E-state index in [2.05, 4.69) is 20.1 Å². The minimum absolute atomic E-state index is 0. The Hall–Kier alpha value is -1.26. The van der Waals surface area contributed by atoms with Crippen LogP contribution in [0, 0.1) is 0 Å². The quantitative estimate of drug-likeness (QED) is 0.364. The van der Waals surface area contributed by atoms with Gasteiger partial charge in [0, 0.05) is 51.4 Å². The highest BCUT2D eigenvalue weighted by Crippen LogP contribution is 2.25. The zero-order valence-corrected chi connectivity index (χ0v) is 19.6. The molecular formula is C20H33IN4O3. The Morgan fingerprint density at radius 3 is 2.89 bits per heavy atom. The normalized spacial score (nSPS) is 22.2. The van der Waals surface area contributed by atoms with Crippen LogP contribution in [0.15, 0.2) is 23.2 Å². The van der Waals surface area contributed by atoms with E-state index in [9.17, 15) is 0 Å². The lowest BCUT2D eigenvalue weighted by atomic mass is 10.2. The Balaban J connectivity index is 0.00000280. The molecule has 0 bridgehead atoms. The van der Waals surface area contributed by atoms with Crippen molar-refractivity contribution >= 4 is 29.9 Å². The standard InChI is InChI=1S/C20H32N4O3.HI/c1-21-20(22-11-18-13-24-9-5-6-16(24)14-27-18)23(2)12-15-7-8-17(25-3)10-19(15)26-4;/h7-8,10,16,18H,5-6,9,11-14H2,1-4H3,(H,21,22);1H. The number of guanidine groups is 1. The van der Waals surface area contributed by atoms with Gasteiger partial charge in [0.25, 0.3) is 0 Å². The third-order valence-electron chi connectivity index (χ3n) is 5.42. The van der Waals surface area contributed by atoms with Gasteiger partial charge in [0.05, 0.1) is 26.9 Å². The Morgan fingerprint density at radius 2 is 2.18 bits per heavy atom. The number of hydrogen-bond acceptors (Lipinski definition) is 5. The summed E-state index contributed by atoms with van der Waals surface area (Å²) in [7, 11) is 7.17. The average molecular weight is 504 g/mol. The molecule has 0 aromatic heterocycles. The summed E-state index contributed by atoms with van der Waals surface area (Å²) in [6, 6.07) is 6.51. The molecule has 1 aromatic rings. The third-order valence-corrected chi connectivity index (χ3v) is 5.42. The van der Waals surface area contributed by atoms with E-state index in [1.54, 1.807) is 14.2 Å². The molecule has 0 saturated carbocycles. The smallest absolute Gasteiger partial charge is 0.193 e. The van der Waals surface area contributed by atoms with Gasteiger partial charge in [-0.2, -0.15) is 0 Å². The molecular weight excluding hydrogens is 471 g/mol. The topological polar surface area (TPSA) is 58.6 Å². The van der Waals surface area contributed by atoms with Crippen molar-refractivity contribution in [2.24, 2.45) is 4.99 Å². The van der Waals surface area contributed by atoms with Gasteiger partial charge in [-0.05, 0) is 31.5 Å². The molecule has 28 heavy (non-hydrogen) atoms. The second-order valence-corrected chi connectivity index (χ2v) is 7.21. The van der Waals surface area contributed by atoms with Crippen molar-refractivity contribution in [1.82, 2.24) is 15.1 Å². The molecule has 0 spiro atoms. The lowest BCUT2D eigenvalue weighted by Crippen LogP contribution is -2.51. The molecule has 1 aromatic carbocycles. The first-order chi connectivity index (χ1) is 13.1. The Bertz CT molecular complexity index is 658. The number of benzene rings is 1. The van der Waals surface area contributed by atoms with Crippen molar-refractivity contribution in [3.63, 3.8) is 0 Å². The third kappa shape index (κ3) is 5.64. The number of fused-ring (bicyclic) bond motifs is 1. The molecule has 0 aliphatic carbocycles. The molecule has 1 N–H and O–H groups in total. The molecule has 8 heteroatoms. The van der Waals surface area contributed by atoms with Gasteiger partial charge in [-0.25, -0.2) is 0 Å². The predicted octanol–water partition coefficient (Wildman–Crippen LogP) is 2.19. The van der Waals surface area contributed by atoms with Crippen LogP contribution in [0.25, 0.3) is 0 Å². The minimum Gasteiger partial charge on any atom is -0.497 e. The SMILES string of the molecule is CN=C(NCC1CN2CCCC2CO1)N(C)Cc1ccc(OC)cc1OC.I. The highest BCUT2D eigenvalue weighted by atomic mass is 127. The first-order valence-electron chi connectivity index (χ1n) is 9.63. The van der Waals surface area contributed by atoms with Crippen molar-refractivity contribution in [3.05, 3.63) is 23.8 Å². The van der Waals surface area contributed by atoms with E-state index >= 15 is 0 Å². The van der Waals surface area contributed by atoms with Crippen LogP contribution >= 0.6 is 24.0 Å². The molecule has 2 atom stereocenters. The zero-order valence-electron chi connectivity index (χ0n) is 17.3. The van der Waals surface area contributed by atoms with Gasteiger partial charge >= 0.3 is 0 Å². The molecule has 2 saturated heterocycles. The fourth-order valence-electron chi connectivity index (χ4n) is 3.91. The van der Waals surface area contributed by atoms with Gasteiger partial charge in [0.15, 0.2) is 5.96 Å². The van der Waals surface area contributed by atoms with Crippen LogP contribution in [0.3, 0.4) is 0 Å². The van der Waals surface area contributed by atoms with Gasteiger partial charge < -0.3 is 24.4 Å². The molecule has 2 fully saturated rings. The summed E-state index contributed by atoms with van der Waals surface area (Å²) in [5.74, 6) is 2.45. The van der Waals surface area contributed by atoms with E-state index in [1.165, 1.54) is 19.4 Å². The van der Waals surface area contributed by atoms with Gasteiger partial charge in [0.1, 0.15) is 11.5 Å². The molecule has 2 aliphatic rings. The summed E-state index contributed by atoms with van der Waals surface area (Å²) in [5, 5.41) is 3.46. The van der Waals surface area contributed by atoms with Gasteiger partial charge in [0.2, 0.25) is 0 Å². The minimum atomic E-state index is 0. The number of nitrogens with one attached hydrogen (secondary N) is 1. The van der Waals surface area contributed by atoms with E-state index in [1.807, 2.05) is 32.3 Å². The van der Waals surface area contributed by atoms with Crippen LogP contribution in [0.2, 0.25) is 0 Å². The van der Waals surface area contributed by atoms with Gasteiger partial charge in [-0.15, -0.1) is 24.0 Å². The number of hydrogen-bond donors (Lipinski definition) is 1. The van der Waals surface area contributed by atoms with Crippen LogP contribution < -0.4 is 14.8 Å². The maximum Gasteiger partial charge on any atom is 0.193 e. The number of rotatable bonds is 6. The van der Waals surface area contributed by atoms with E-state index in [4.69, 9.17) is 14.2 Å². The van der Waals surface area contributed by atoms with E-state index in [0.717, 1.165) is 42.7 Å². The number of methoxy groups -OCH3 is 2. The Morgan fingerprint density at radius 1 is 1.36 bits per heavy atom. The molecule has 0 radical (unpaired) electrons. The van der Waals surface area contributed by atoms with Crippen LogP contribution in [0.5, 0.6) is 11.5 Å². The van der Waals surface area contributed by atoms with Gasteiger partial charge in [-0.3, -0.25) is 9.89 Å². The lowest BCUT2D eigenvalue weighted by Gasteiger charge is -2.35. The fourth-order valence-corrected chi connectivity index (χ4v) is 3.91. The average Bonchev–Trinajstić information content (AvgIpc) is 3.16. The fraction of sp³-hybridized carbons (Fsp3) is 0.650. The first-order valence-corrected chi connectivity index (χ1v) is 9.63. The summed E-state index contributed by atoms with van der Waals surface area (Å²) in [6.07, 6.45) is 2.77. The van der Waals surface area contributed by atoms with Crippen molar-refractivity contribution in [2.75, 3.05) is 54.6 Å². The molecule has 2 heterocycles. The Kier molecular flexibility index (Phi) is 9.10. The van der Waals surface area contributed by atoms with Crippen molar-refractivity contribution in [1.29, 1.82) is 0 Å².